The highest BCUT2D eigenvalue weighted by Gasteiger charge is 2.32. The van der Waals surface area contributed by atoms with Gasteiger partial charge in [0.15, 0.2) is 0 Å². The third kappa shape index (κ3) is 3.95. The van der Waals surface area contributed by atoms with E-state index in [1.165, 1.54) is 23.2 Å². The number of alkyl halides is 3. The quantitative estimate of drug-likeness (QED) is 0.583. The van der Waals surface area contributed by atoms with Crippen LogP contribution in [0.1, 0.15) is 11.3 Å². The number of amides is 2. The molecule has 156 valence electrons. The Hall–Kier alpha value is -3.14. The highest BCUT2D eigenvalue weighted by atomic mass is 35.5. The number of rotatable bonds is 2. The van der Waals surface area contributed by atoms with Crippen molar-refractivity contribution in [1.82, 2.24) is 19.7 Å². The van der Waals surface area contributed by atoms with Crippen LogP contribution in [0.3, 0.4) is 0 Å². The number of nitrogens with one attached hydrogen (secondary N) is 1. The molecule has 0 saturated carbocycles. The second-order valence-electron chi connectivity index (χ2n) is 6.64. The number of carbonyl (C=O) groups is 1. The number of hydrogen-bond donors (Lipinski definition) is 1. The van der Waals surface area contributed by atoms with Crippen molar-refractivity contribution in [3.05, 3.63) is 64.8 Å². The minimum absolute atomic E-state index is 0.119. The molecule has 0 atom stereocenters. The minimum atomic E-state index is -4.49. The Morgan fingerprint density at radius 1 is 1.17 bits per heavy atom. The maximum Gasteiger partial charge on any atom is 0.416 e. The van der Waals surface area contributed by atoms with Crippen LogP contribution in [0.2, 0.25) is 5.02 Å². The van der Waals surface area contributed by atoms with Crippen LogP contribution in [0.4, 0.5) is 28.0 Å². The Bertz CT molecular complexity index is 1110. The first kappa shape index (κ1) is 20.1. The topological polar surface area (TPSA) is 63.1 Å². The standard InChI is InChI=1S/C19H14ClF4N5O/c20-14-8-12(1-2-15(14)21)27-18(30)28-5-6-29-17(10-28)13(9-26-29)16-7-11(3-4-25-16)19(22,23)24/h1-4,7-9H,5-6,10H2,(H,27,30). The van der Waals surface area contributed by atoms with E-state index in [4.69, 9.17) is 11.6 Å². The molecule has 0 bridgehead atoms. The highest BCUT2D eigenvalue weighted by Crippen LogP contribution is 2.33. The van der Waals surface area contributed by atoms with Crippen molar-refractivity contribution in [2.45, 2.75) is 19.3 Å². The molecule has 3 aromatic rings. The average molecular weight is 440 g/mol. The van der Waals surface area contributed by atoms with Gasteiger partial charge in [-0.25, -0.2) is 9.18 Å². The molecule has 2 aromatic heterocycles. The lowest BCUT2D eigenvalue weighted by atomic mass is 10.1. The molecule has 1 N–H and O–H groups in total. The van der Waals surface area contributed by atoms with E-state index < -0.39 is 23.6 Å². The van der Waals surface area contributed by atoms with Crippen LogP contribution < -0.4 is 5.32 Å². The molecule has 0 unspecified atom stereocenters. The Labute approximate surface area is 173 Å². The molecule has 0 fully saturated rings. The number of nitrogens with zero attached hydrogens (tertiary/aromatic N) is 4. The van der Waals surface area contributed by atoms with Crippen LogP contribution in [0.15, 0.2) is 42.7 Å². The number of pyridine rings is 1. The van der Waals surface area contributed by atoms with Crippen LogP contribution >= 0.6 is 11.6 Å². The van der Waals surface area contributed by atoms with Crippen LogP contribution in [-0.2, 0) is 19.3 Å². The van der Waals surface area contributed by atoms with Gasteiger partial charge < -0.3 is 10.2 Å². The largest absolute Gasteiger partial charge is 0.416 e. The molecule has 1 aromatic carbocycles. The van der Waals surface area contributed by atoms with Crippen molar-refractivity contribution in [2.24, 2.45) is 0 Å². The van der Waals surface area contributed by atoms with Gasteiger partial charge in [0.25, 0.3) is 0 Å². The van der Waals surface area contributed by atoms with Crippen molar-refractivity contribution in [2.75, 3.05) is 11.9 Å². The molecule has 2 amide bonds. The molecule has 30 heavy (non-hydrogen) atoms. The summed E-state index contributed by atoms with van der Waals surface area (Å²) < 4.78 is 54.0. The van der Waals surface area contributed by atoms with E-state index in [0.717, 1.165) is 24.4 Å². The zero-order chi connectivity index (χ0) is 21.5. The summed E-state index contributed by atoms with van der Waals surface area (Å²) in [5, 5.41) is 6.71. The number of benzene rings is 1. The van der Waals surface area contributed by atoms with E-state index in [0.29, 0.717) is 30.0 Å². The molecule has 0 spiro atoms. The third-order valence-corrected chi connectivity index (χ3v) is 4.98. The zero-order valence-electron chi connectivity index (χ0n) is 15.2. The van der Waals surface area contributed by atoms with E-state index in [1.54, 1.807) is 4.68 Å². The predicted octanol–water partition coefficient (Wildman–Crippen LogP) is 4.80. The van der Waals surface area contributed by atoms with Crippen molar-refractivity contribution in [1.29, 1.82) is 0 Å². The van der Waals surface area contributed by atoms with E-state index in [2.05, 4.69) is 15.4 Å². The van der Waals surface area contributed by atoms with Gasteiger partial charge in [-0.05, 0) is 30.3 Å². The Kier molecular flexibility index (Phi) is 5.10. The first-order valence-electron chi connectivity index (χ1n) is 8.81. The first-order chi connectivity index (χ1) is 14.2. The average Bonchev–Trinajstić information content (AvgIpc) is 3.13. The molecule has 3 heterocycles. The van der Waals surface area contributed by atoms with E-state index >= 15 is 0 Å². The van der Waals surface area contributed by atoms with Gasteiger partial charge in [-0.3, -0.25) is 9.67 Å². The van der Waals surface area contributed by atoms with Crippen molar-refractivity contribution < 1.29 is 22.4 Å². The van der Waals surface area contributed by atoms with Crippen LogP contribution in [0, 0.1) is 5.82 Å². The molecular weight excluding hydrogens is 426 g/mol. The number of halogens is 5. The number of hydrogen-bond acceptors (Lipinski definition) is 3. The molecule has 0 aliphatic carbocycles. The third-order valence-electron chi connectivity index (χ3n) is 4.69. The summed E-state index contributed by atoms with van der Waals surface area (Å²) in [5.74, 6) is -0.602. The fraction of sp³-hybridized carbons (Fsp3) is 0.211. The zero-order valence-corrected chi connectivity index (χ0v) is 16.0. The second kappa shape index (κ2) is 7.60. The molecule has 0 saturated heterocycles. The number of urea groups is 1. The summed E-state index contributed by atoms with van der Waals surface area (Å²) in [6, 6.07) is 5.21. The molecule has 1 aliphatic heterocycles. The number of aromatic nitrogens is 3. The van der Waals surface area contributed by atoms with Crippen LogP contribution in [0.5, 0.6) is 0 Å². The normalized spacial score (nSPS) is 13.8. The maximum atomic E-state index is 13.3. The minimum Gasteiger partial charge on any atom is -0.317 e. The first-order valence-corrected chi connectivity index (χ1v) is 9.19. The van der Waals surface area contributed by atoms with Gasteiger partial charge in [-0.2, -0.15) is 18.3 Å². The summed E-state index contributed by atoms with van der Waals surface area (Å²) in [6.07, 6.45) is -1.96. The van der Waals surface area contributed by atoms with Gasteiger partial charge in [-0.1, -0.05) is 11.6 Å². The Morgan fingerprint density at radius 2 is 1.97 bits per heavy atom. The van der Waals surface area contributed by atoms with Crippen molar-refractivity contribution in [3.63, 3.8) is 0 Å². The fourth-order valence-corrected chi connectivity index (χ4v) is 3.34. The molecule has 11 heteroatoms. The predicted molar refractivity (Wildman–Crippen MR) is 101 cm³/mol. The van der Waals surface area contributed by atoms with Crippen molar-refractivity contribution >= 4 is 23.3 Å². The van der Waals surface area contributed by atoms with Gasteiger partial charge in [0.2, 0.25) is 0 Å². The fourth-order valence-electron chi connectivity index (χ4n) is 3.16. The summed E-state index contributed by atoms with van der Waals surface area (Å²) >= 11 is 5.73. The SMILES string of the molecule is O=C(Nc1ccc(F)c(Cl)c1)N1CCn2ncc(-c3cc(C(F)(F)F)ccn3)c2C1. The smallest absolute Gasteiger partial charge is 0.317 e. The maximum absolute atomic E-state index is 13.3. The molecule has 1 aliphatic rings. The van der Waals surface area contributed by atoms with Crippen LogP contribution in [-0.4, -0.2) is 32.2 Å². The lowest BCUT2D eigenvalue weighted by Crippen LogP contribution is -2.41. The van der Waals surface area contributed by atoms with E-state index in [1.807, 2.05) is 0 Å². The van der Waals surface area contributed by atoms with Gasteiger partial charge in [0.1, 0.15) is 5.82 Å². The Morgan fingerprint density at radius 3 is 2.70 bits per heavy atom. The van der Waals surface area contributed by atoms with Crippen LogP contribution in [0.25, 0.3) is 11.3 Å². The number of anilines is 1. The number of fused-ring (bicyclic) bond motifs is 1. The monoisotopic (exact) mass is 439 g/mol. The molecule has 6 nitrogen and oxygen atoms in total. The summed E-state index contributed by atoms with van der Waals surface area (Å²) in [7, 11) is 0. The summed E-state index contributed by atoms with van der Waals surface area (Å²) in [6.45, 7) is 0.824. The second-order valence-corrected chi connectivity index (χ2v) is 7.04. The van der Waals surface area contributed by atoms with Gasteiger partial charge >= 0.3 is 12.2 Å². The van der Waals surface area contributed by atoms with Gasteiger partial charge in [0.05, 0.1) is 41.3 Å². The highest BCUT2D eigenvalue weighted by molar-refractivity contribution is 6.31. The van der Waals surface area contributed by atoms with Gasteiger partial charge in [-0.15, -0.1) is 0 Å². The molecular formula is C19H14ClF4N5O. The summed E-state index contributed by atoms with van der Waals surface area (Å²) in [5.41, 5.74) is 0.624. The van der Waals surface area contributed by atoms with E-state index in [-0.39, 0.29) is 17.3 Å². The summed E-state index contributed by atoms with van der Waals surface area (Å²) in [4.78, 5) is 18.1. The van der Waals surface area contributed by atoms with Crippen molar-refractivity contribution in [3.8, 4) is 11.3 Å². The number of carbonyl (C=O) groups excluding carboxylic acids is 1. The molecule has 0 radical (unpaired) electrons. The molecule has 4 rings (SSSR count). The lowest BCUT2D eigenvalue weighted by molar-refractivity contribution is -0.137. The van der Waals surface area contributed by atoms with Gasteiger partial charge in [0, 0.05) is 24.0 Å². The van der Waals surface area contributed by atoms with E-state index in [9.17, 15) is 22.4 Å². The Balaban J connectivity index is 1.56. The lowest BCUT2D eigenvalue weighted by Gasteiger charge is -2.28.